The normalized spacial score (nSPS) is 23.4. The zero-order valence-corrected chi connectivity index (χ0v) is 10.9. The van der Waals surface area contributed by atoms with Crippen molar-refractivity contribution < 1.29 is 9.53 Å². The molecule has 1 heterocycles. The van der Waals surface area contributed by atoms with Crippen LogP contribution in [-0.4, -0.2) is 11.9 Å². The van der Waals surface area contributed by atoms with Crippen molar-refractivity contribution in [1.29, 1.82) is 0 Å². The van der Waals surface area contributed by atoms with Gasteiger partial charge >= 0.3 is 0 Å². The van der Waals surface area contributed by atoms with Crippen LogP contribution in [0.25, 0.3) is 0 Å². The molecule has 0 fully saturated rings. The van der Waals surface area contributed by atoms with Crippen LogP contribution in [0.2, 0.25) is 0 Å². The molecule has 0 saturated heterocycles. The van der Waals surface area contributed by atoms with Crippen LogP contribution in [0, 0.1) is 10.8 Å². The standard InChI is InChI=1S/C13H22O2/c1-8-10(14)9(12(2,3)4)11(15-8)13(5,6)7/h8H,1-7H3. The highest BCUT2D eigenvalue weighted by Crippen LogP contribution is 2.42. The first-order chi connectivity index (χ1) is 6.55. The van der Waals surface area contributed by atoms with Gasteiger partial charge in [0, 0.05) is 11.0 Å². The van der Waals surface area contributed by atoms with Gasteiger partial charge in [-0.2, -0.15) is 0 Å². The fraction of sp³-hybridized carbons (Fsp3) is 0.769. The van der Waals surface area contributed by atoms with Gasteiger partial charge in [0.25, 0.3) is 0 Å². The van der Waals surface area contributed by atoms with E-state index in [2.05, 4.69) is 41.5 Å². The Morgan fingerprint density at radius 1 is 1.00 bits per heavy atom. The second-order valence-electron chi connectivity index (χ2n) is 6.33. The molecule has 86 valence electrons. The van der Waals surface area contributed by atoms with Crippen molar-refractivity contribution in [1.82, 2.24) is 0 Å². The van der Waals surface area contributed by atoms with E-state index in [-0.39, 0.29) is 22.7 Å². The van der Waals surface area contributed by atoms with Gasteiger partial charge in [-0.25, -0.2) is 0 Å². The maximum atomic E-state index is 12.0. The van der Waals surface area contributed by atoms with E-state index >= 15 is 0 Å². The van der Waals surface area contributed by atoms with E-state index in [1.54, 1.807) is 0 Å². The molecule has 0 saturated carbocycles. The number of Topliss-reactive ketones (excluding diaryl/α,β-unsaturated/α-hetero) is 1. The van der Waals surface area contributed by atoms with Crippen molar-refractivity contribution in [3.05, 3.63) is 11.3 Å². The third-order valence-corrected chi connectivity index (χ3v) is 2.57. The summed E-state index contributed by atoms with van der Waals surface area (Å²) >= 11 is 0. The van der Waals surface area contributed by atoms with Gasteiger partial charge < -0.3 is 4.74 Å². The first-order valence-electron chi connectivity index (χ1n) is 5.51. The molecule has 0 aromatic heterocycles. The molecule has 0 amide bonds. The highest BCUT2D eigenvalue weighted by molar-refractivity contribution is 6.02. The Labute approximate surface area is 92.7 Å². The predicted molar refractivity (Wildman–Crippen MR) is 61.5 cm³/mol. The number of allylic oxidation sites excluding steroid dienone is 1. The van der Waals surface area contributed by atoms with Gasteiger partial charge in [-0.3, -0.25) is 4.79 Å². The molecule has 15 heavy (non-hydrogen) atoms. The largest absolute Gasteiger partial charge is 0.486 e. The number of carbonyl (C=O) groups is 1. The lowest BCUT2D eigenvalue weighted by Gasteiger charge is -2.26. The van der Waals surface area contributed by atoms with E-state index < -0.39 is 0 Å². The monoisotopic (exact) mass is 210 g/mol. The summed E-state index contributed by atoms with van der Waals surface area (Å²) in [6.45, 7) is 14.3. The first-order valence-corrected chi connectivity index (χ1v) is 5.51. The van der Waals surface area contributed by atoms with Gasteiger partial charge in [-0.1, -0.05) is 41.5 Å². The molecular formula is C13H22O2. The second kappa shape index (κ2) is 3.36. The average molecular weight is 210 g/mol. The van der Waals surface area contributed by atoms with Gasteiger partial charge in [-0.05, 0) is 12.3 Å². The van der Waals surface area contributed by atoms with Crippen LogP contribution in [0.3, 0.4) is 0 Å². The molecule has 0 spiro atoms. The van der Waals surface area contributed by atoms with Crippen molar-refractivity contribution in [2.75, 3.05) is 0 Å². The minimum Gasteiger partial charge on any atom is -0.486 e. The van der Waals surface area contributed by atoms with Crippen LogP contribution in [0.5, 0.6) is 0 Å². The summed E-state index contributed by atoms with van der Waals surface area (Å²) in [6.07, 6.45) is -0.312. The molecule has 0 radical (unpaired) electrons. The van der Waals surface area contributed by atoms with Crippen molar-refractivity contribution in [2.45, 2.75) is 54.6 Å². The van der Waals surface area contributed by atoms with Crippen LogP contribution in [0.15, 0.2) is 11.3 Å². The summed E-state index contributed by atoms with van der Waals surface area (Å²) in [6, 6.07) is 0. The Morgan fingerprint density at radius 3 is 1.73 bits per heavy atom. The predicted octanol–water partition coefficient (Wildman–Crippen LogP) is 3.32. The highest BCUT2D eigenvalue weighted by Gasteiger charge is 2.42. The van der Waals surface area contributed by atoms with Crippen molar-refractivity contribution in [3.63, 3.8) is 0 Å². The van der Waals surface area contributed by atoms with E-state index in [1.165, 1.54) is 0 Å². The molecule has 2 nitrogen and oxygen atoms in total. The Balaban J connectivity index is 3.29. The molecule has 0 N–H and O–H groups in total. The molecule has 1 atom stereocenters. The Bertz CT molecular complexity index is 310. The van der Waals surface area contributed by atoms with E-state index in [1.807, 2.05) is 6.92 Å². The lowest BCUT2D eigenvalue weighted by atomic mass is 9.78. The van der Waals surface area contributed by atoms with Crippen molar-refractivity contribution >= 4 is 5.78 Å². The topological polar surface area (TPSA) is 26.3 Å². The molecule has 1 unspecified atom stereocenters. The van der Waals surface area contributed by atoms with Crippen molar-refractivity contribution in [3.8, 4) is 0 Å². The summed E-state index contributed by atoms with van der Waals surface area (Å²) < 4.78 is 5.71. The number of hydrogen-bond acceptors (Lipinski definition) is 2. The van der Waals surface area contributed by atoms with Gasteiger partial charge in [0.15, 0.2) is 6.10 Å². The fourth-order valence-electron chi connectivity index (χ4n) is 1.87. The summed E-state index contributed by atoms with van der Waals surface area (Å²) in [5.41, 5.74) is 0.635. The first kappa shape index (κ1) is 12.3. The zero-order chi connectivity index (χ0) is 12.0. The molecule has 0 aliphatic carbocycles. The lowest BCUT2D eigenvalue weighted by Crippen LogP contribution is -2.22. The summed E-state index contributed by atoms with van der Waals surface area (Å²) in [7, 11) is 0. The van der Waals surface area contributed by atoms with E-state index in [0.29, 0.717) is 0 Å². The molecule has 1 aliphatic heterocycles. The number of ketones is 1. The summed E-state index contributed by atoms with van der Waals surface area (Å²) in [5, 5.41) is 0. The minimum absolute atomic E-state index is 0.0942. The lowest BCUT2D eigenvalue weighted by molar-refractivity contribution is -0.121. The maximum absolute atomic E-state index is 12.0. The average Bonchev–Trinajstić information content (AvgIpc) is 2.25. The summed E-state index contributed by atoms with van der Waals surface area (Å²) in [4.78, 5) is 12.0. The third-order valence-electron chi connectivity index (χ3n) is 2.57. The van der Waals surface area contributed by atoms with Crippen LogP contribution >= 0.6 is 0 Å². The smallest absolute Gasteiger partial charge is 0.202 e. The summed E-state index contributed by atoms with van der Waals surface area (Å²) in [5.74, 6) is 1.01. The van der Waals surface area contributed by atoms with E-state index in [9.17, 15) is 4.79 Å². The quantitative estimate of drug-likeness (QED) is 0.613. The van der Waals surface area contributed by atoms with E-state index in [4.69, 9.17) is 4.74 Å². The Morgan fingerprint density at radius 2 is 1.47 bits per heavy atom. The van der Waals surface area contributed by atoms with Crippen LogP contribution in [0.4, 0.5) is 0 Å². The molecule has 0 aromatic carbocycles. The number of carbonyl (C=O) groups excluding carboxylic acids is 1. The highest BCUT2D eigenvalue weighted by atomic mass is 16.5. The Hall–Kier alpha value is -0.790. The van der Waals surface area contributed by atoms with Crippen LogP contribution in [0.1, 0.15) is 48.5 Å². The number of hydrogen-bond donors (Lipinski definition) is 0. The molecule has 0 aromatic rings. The minimum atomic E-state index is -0.312. The van der Waals surface area contributed by atoms with Crippen molar-refractivity contribution in [2.24, 2.45) is 10.8 Å². The van der Waals surface area contributed by atoms with E-state index in [0.717, 1.165) is 11.3 Å². The zero-order valence-electron chi connectivity index (χ0n) is 10.9. The van der Waals surface area contributed by atoms with Gasteiger partial charge in [0.05, 0.1) is 0 Å². The second-order valence-corrected chi connectivity index (χ2v) is 6.33. The SMILES string of the molecule is CC1OC(C(C)(C)C)=C(C(C)(C)C)C1=O. The molecule has 2 heteroatoms. The third kappa shape index (κ3) is 2.24. The van der Waals surface area contributed by atoms with Gasteiger partial charge in [-0.15, -0.1) is 0 Å². The number of ether oxygens (including phenoxy) is 1. The molecule has 1 rings (SSSR count). The maximum Gasteiger partial charge on any atom is 0.202 e. The van der Waals surface area contributed by atoms with Crippen LogP contribution in [-0.2, 0) is 9.53 Å². The van der Waals surface area contributed by atoms with Gasteiger partial charge in [0.1, 0.15) is 5.76 Å². The fourth-order valence-corrected chi connectivity index (χ4v) is 1.87. The van der Waals surface area contributed by atoms with Gasteiger partial charge in [0.2, 0.25) is 5.78 Å². The molecule has 0 bridgehead atoms. The molecule has 1 aliphatic rings. The Kier molecular flexibility index (Phi) is 2.75. The van der Waals surface area contributed by atoms with Crippen LogP contribution < -0.4 is 0 Å². The number of rotatable bonds is 0. The molecular weight excluding hydrogens is 188 g/mol.